The fourth-order valence-electron chi connectivity index (χ4n) is 6.04. The summed E-state index contributed by atoms with van der Waals surface area (Å²) in [5, 5.41) is 0. The zero-order valence-corrected chi connectivity index (χ0v) is 25.7. The standard InChI is InChI=1S/C38H44N2/c1-9-29-15-13-16-30(10-2)35(29)33-23-25(5)21-27(7)37(33)39-19-20-40-38-28(8)22-26(6)24-34(38)36-31(11-3)17-14-18-32(36)12-4/h13-24H,9-12H2,1-8H3. The average Bonchev–Trinajstić information content (AvgIpc) is 2.95. The Morgan fingerprint density at radius 3 is 1.12 bits per heavy atom. The summed E-state index contributed by atoms with van der Waals surface area (Å²) in [5.74, 6) is 0. The third kappa shape index (κ3) is 6.02. The first kappa shape index (κ1) is 29.2. The van der Waals surface area contributed by atoms with E-state index >= 15 is 0 Å². The smallest absolute Gasteiger partial charge is 0.0738 e. The Labute approximate surface area is 242 Å². The molecular formula is C38H44N2. The third-order valence-corrected chi connectivity index (χ3v) is 7.90. The number of benzene rings is 4. The molecule has 0 radical (unpaired) electrons. The second-order valence-electron chi connectivity index (χ2n) is 10.8. The van der Waals surface area contributed by atoms with Gasteiger partial charge in [-0.3, -0.25) is 9.98 Å². The van der Waals surface area contributed by atoms with Crippen molar-refractivity contribution in [2.24, 2.45) is 9.98 Å². The molecule has 0 aromatic heterocycles. The maximum absolute atomic E-state index is 5.03. The van der Waals surface area contributed by atoms with Crippen molar-refractivity contribution in [3.8, 4) is 22.3 Å². The quantitative estimate of drug-likeness (QED) is 0.193. The highest BCUT2D eigenvalue weighted by atomic mass is 14.8. The van der Waals surface area contributed by atoms with E-state index in [-0.39, 0.29) is 0 Å². The molecule has 0 aliphatic heterocycles. The summed E-state index contributed by atoms with van der Waals surface area (Å²) in [6.07, 6.45) is 7.72. The molecule has 0 spiro atoms. The summed E-state index contributed by atoms with van der Waals surface area (Å²) >= 11 is 0. The van der Waals surface area contributed by atoms with Crippen LogP contribution < -0.4 is 0 Å². The zero-order valence-electron chi connectivity index (χ0n) is 25.7. The maximum atomic E-state index is 5.03. The van der Waals surface area contributed by atoms with Crippen molar-refractivity contribution in [2.75, 3.05) is 0 Å². The minimum absolute atomic E-state index is 0.995. The molecule has 4 aromatic carbocycles. The molecule has 40 heavy (non-hydrogen) atoms. The van der Waals surface area contributed by atoms with E-state index in [1.807, 2.05) is 12.4 Å². The normalized spacial score (nSPS) is 11.7. The highest BCUT2D eigenvalue weighted by Crippen LogP contribution is 2.40. The van der Waals surface area contributed by atoms with Gasteiger partial charge in [-0.25, -0.2) is 0 Å². The van der Waals surface area contributed by atoms with E-state index in [1.165, 1.54) is 66.8 Å². The van der Waals surface area contributed by atoms with Gasteiger partial charge < -0.3 is 0 Å². The van der Waals surface area contributed by atoms with E-state index in [0.717, 1.165) is 37.1 Å². The molecule has 0 amide bonds. The van der Waals surface area contributed by atoms with Crippen molar-refractivity contribution in [1.82, 2.24) is 0 Å². The van der Waals surface area contributed by atoms with Crippen LogP contribution in [0.15, 0.2) is 70.6 Å². The van der Waals surface area contributed by atoms with Gasteiger partial charge in [0.05, 0.1) is 11.4 Å². The van der Waals surface area contributed by atoms with E-state index in [4.69, 9.17) is 9.98 Å². The summed E-state index contributed by atoms with van der Waals surface area (Å²) in [6.45, 7) is 17.6. The Balaban J connectivity index is 1.82. The molecule has 0 saturated carbocycles. The van der Waals surface area contributed by atoms with Crippen LogP contribution in [0.4, 0.5) is 11.4 Å². The summed E-state index contributed by atoms with van der Waals surface area (Å²) < 4.78 is 0. The van der Waals surface area contributed by atoms with Crippen molar-refractivity contribution in [1.29, 1.82) is 0 Å². The monoisotopic (exact) mass is 528 g/mol. The van der Waals surface area contributed by atoms with Crippen LogP contribution in [0.25, 0.3) is 22.3 Å². The fraction of sp³-hybridized carbons (Fsp3) is 0.316. The number of hydrogen-bond donors (Lipinski definition) is 0. The average molecular weight is 529 g/mol. The molecule has 0 N–H and O–H groups in total. The summed E-state index contributed by atoms with van der Waals surface area (Å²) in [5.41, 5.74) is 17.5. The van der Waals surface area contributed by atoms with Gasteiger partial charge in [0.1, 0.15) is 0 Å². The van der Waals surface area contributed by atoms with Crippen molar-refractivity contribution in [3.05, 3.63) is 105 Å². The van der Waals surface area contributed by atoms with Gasteiger partial charge in [-0.1, -0.05) is 87.4 Å². The van der Waals surface area contributed by atoms with Gasteiger partial charge in [0.25, 0.3) is 0 Å². The Hall–Kier alpha value is -3.78. The van der Waals surface area contributed by atoms with Gasteiger partial charge >= 0.3 is 0 Å². The lowest BCUT2D eigenvalue weighted by Crippen LogP contribution is -1.97. The number of aliphatic imine (C=N–C) groups is 2. The minimum atomic E-state index is 0.995. The van der Waals surface area contributed by atoms with Gasteiger partial charge in [-0.2, -0.15) is 0 Å². The second kappa shape index (κ2) is 13.0. The lowest BCUT2D eigenvalue weighted by Gasteiger charge is -2.18. The number of hydrogen-bond acceptors (Lipinski definition) is 2. The van der Waals surface area contributed by atoms with Crippen LogP contribution in [0.1, 0.15) is 72.2 Å². The Morgan fingerprint density at radius 2 is 0.825 bits per heavy atom. The summed E-state index contributed by atoms with van der Waals surface area (Å²) in [6, 6.07) is 22.4. The first-order chi connectivity index (χ1) is 19.3. The van der Waals surface area contributed by atoms with E-state index in [1.54, 1.807) is 0 Å². The van der Waals surface area contributed by atoms with Crippen LogP contribution in [-0.4, -0.2) is 12.4 Å². The van der Waals surface area contributed by atoms with Gasteiger partial charge in [0.15, 0.2) is 0 Å². The summed E-state index contributed by atoms with van der Waals surface area (Å²) in [7, 11) is 0. The molecule has 0 bridgehead atoms. The first-order valence-electron chi connectivity index (χ1n) is 14.8. The second-order valence-corrected chi connectivity index (χ2v) is 10.8. The number of rotatable bonds is 9. The molecule has 0 fully saturated rings. The van der Waals surface area contributed by atoms with Crippen LogP contribution in [-0.2, 0) is 25.7 Å². The van der Waals surface area contributed by atoms with Crippen LogP contribution in [0.5, 0.6) is 0 Å². The fourth-order valence-corrected chi connectivity index (χ4v) is 6.04. The third-order valence-electron chi connectivity index (χ3n) is 7.90. The number of nitrogens with zero attached hydrogens (tertiary/aromatic N) is 2. The van der Waals surface area contributed by atoms with Gasteiger partial charge in [-0.15, -0.1) is 0 Å². The molecule has 0 heterocycles. The largest absolute Gasteiger partial charge is 0.254 e. The zero-order chi connectivity index (χ0) is 28.8. The van der Waals surface area contributed by atoms with Gasteiger partial charge in [0.2, 0.25) is 0 Å². The first-order valence-corrected chi connectivity index (χ1v) is 14.8. The Morgan fingerprint density at radius 1 is 0.500 bits per heavy atom. The van der Waals surface area contributed by atoms with Crippen molar-refractivity contribution in [3.63, 3.8) is 0 Å². The molecule has 2 nitrogen and oxygen atoms in total. The van der Waals surface area contributed by atoms with Gasteiger partial charge in [-0.05, 0) is 110 Å². The van der Waals surface area contributed by atoms with Crippen LogP contribution in [0.3, 0.4) is 0 Å². The molecule has 2 heteroatoms. The lowest BCUT2D eigenvalue weighted by atomic mass is 9.89. The molecular weight excluding hydrogens is 484 g/mol. The predicted octanol–water partition coefficient (Wildman–Crippen LogP) is 10.6. The molecule has 4 aromatic rings. The molecule has 4 rings (SSSR count). The SMILES string of the molecule is CCc1cccc(CC)c1-c1cc(C)cc(C)c1N=CC=Nc1c(C)cc(C)cc1-c1c(CC)cccc1CC. The minimum Gasteiger partial charge on any atom is -0.254 e. The molecule has 0 atom stereocenters. The van der Waals surface area contributed by atoms with Gasteiger partial charge in [0, 0.05) is 23.6 Å². The van der Waals surface area contributed by atoms with Crippen molar-refractivity contribution in [2.45, 2.75) is 81.1 Å². The van der Waals surface area contributed by atoms with E-state index in [2.05, 4.69) is 116 Å². The lowest BCUT2D eigenvalue weighted by molar-refractivity contribution is 1.09. The Kier molecular flexibility index (Phi) is 9.53. The maximum Gasteiger partial charge on any atom is 0.0738 e. The highest BCUT2D eigenvalue weighted by Gasteiger charge is 2.16. The predicted molar refractivity (Wildman–Crippen MR) is 177 cm³/mol. The van der Waals surface area contributed by atoms with E-state index < -0.39 is 0 Å². The molecule has 0 aliphatic carbocycles. The molecule has 0 aliphatic rings. The molecule has 206 valence electrons. The van der Waals surface area contributed by atoms with Crippen molar-refractivity contribution >= 4 is 23.8 Å². The Bertz CT molecular complexity index is 1410. The topological polar surface area (TPSA) is 24.7 Å². The summed E-state index contributed by atoms with van der Waals surface area (Å²) in [4.78, 5) is 10.1. The highest BCUT2D eigenvalue weighted by molar-refractivity contribution is 6.18. The number of aryl methyl sites for hydroxylation is 8. The van der Waals surface area contributed by atoms with Crippen LogP contribution in [0.2, 0.25) is 0 Å². The van der Waals surface area contributed by atoms with E-state index in [0.29, 0.717) is 0 Å². The molecule has 0 unspecified atom stereocenters. The van der Waals surface area contributed by atoms with Crippen LogP contribution in [0, 0.1) is 27.7 Å². The van der Waals surface area contributed by atoms with E-state index in [9.17, 15) is 0 Å². The van der Waals surface area contributed by atoms with Crippen molar-refractivity contribution < 1.29 is 0 Å². The van der Waals surface area contributed by atoms with Crippen LogP contribution >= 0.6 is 0 Å². The molecule has 0 saturated heterocycles.